The lowest BCUT2D eigenvalue weighted by Gasteiger charge is -2.14. The second-order valence-electron chi connectivity index (χ2n) is 3.44. The standard InChI is InChI=1S/C11H13N3O2S/c1-7(15)10-8(16-2)4-3-5-9(10)17-11-12-6-13-14-11/h3-7,15H,1-2H3,(H,12,13,14)/t7-/m0/s1. The molecule has 0 aliphatic heterocycles. The number of aliphatic hydroxyl groups excluding tert-OH is 1. The third-order valence-corrected chi connectivity index (χ3v) is 3.23. The predicted molar refractivity (Wildman–Crippen MR) is 64.1 cm³/mol. The van der Waals surface area contributed by atoms with Gasteiger partial charge in [-0.2, -0.15) is 5.10 Å². The first-order chi connectivity index (χ1) is 8.22. The molecule has 0 radical (unpaired) electrons. The fourth-order valence-electron chi connectivity index (χ4n) is 1.55. The van der Waals surface area contributed by atoms with Crippen molar-refractivity contribution >= 4 is 11.8 Å². The number of hydrogen-bond donors (Lipinski definition) is 2. The van der Waals surface area contributed by atoms with Gasteiger partial charge in [-0.05, 0) is 30.8 Å². The molecule has 0 fully saturated rings. The van der Waals surface area contributed by atoms with Gasteiger partial charge in [0, 0.05) is 10.5 Å². The van der Waals surface area contributed by atoms with Crippen LogP contribution in [0.4, 0.5) is 0 Å². The van der Waals surface area contributed by atoms with Gasteiger partial charge in [-0.1, -0.05) is 6.07 Å². The summed E-state index contributed by atoms with van der Waals surface area (Å²) in [6.07, 6.45) is 0.849. The molecule has 90 valence electrons. The SMILES string of the molecule is COc1cccc(Sc2ncn[nH]2)c1[C@H](C)O. The number of aliphatic hydroxyl groups is 1. The van der Waals surface area contributed by atoms with Crippen LogP contribution in [0.25, 0.3) is 0 Å². The number of methoxy groups -OCH3 is 1. The van der Waals surface area contributed by atoms with E-state index in [2.05, 4.69) is 15.2 Å². The largest absolute Gasteiger partial charge is 0.496 e. The molecule has 0 saturated carbocycles. The smallest absolute Gasteiger partial charge is 0.188 e. The summed E-state index contributed by atoms with van der Waals surface area (Å²) in [5.74, 6) is 0.671. The van der Waals surface area contributed by atoms with Gasteiger partial charge in [-0.15, -0.1) is 0 Å². The molecule has 17 heavy (non-hydrogen) atoms. The molecule has 1 heterocycles. The van der Waals surface area contributed by atoms with Crippen LogP contribution in [0, 0.1) is 0 Å². The van der Waals surface area contributed by atoms with Crippen LogP contribution in [-0.4, -0.2) is 27.4 Å². The quantitative estimate of drug-likeness (QED) is 0.869. The number of rotatable bonds is 4. The molecule has 0 unspecified atom stereocenters. The Balaban J connectivity index is 2.39. The van der Waals surface area contributed by atoms with E-state index in [4.69, 9.17) is 4.74 Å². The highest BCUT2D eigenvalue weighted by atomic mass is 32.2. The Morgan fingerprint density at radius 3 is 2.88 bits per heavy atom. The summed E-state index contributed by atoms with van der Waals surface area (Å²) >= 11 is 1.41. The minimum Gasteiger partial charge on any atom is -0.496 e. The number of ether oxygens (including phenoxy) is 1. The number of hydrogen-bond acceptors (Lipinski definition) is 5. The molecule has 0 aliphatic carbocycles. The monoisotopic (exact) mass is 251 g/mol. The predicted octanol–water partition coefficient (Wildman–Crippen LogP) is 2.02. The maximum Gasteiger partial charge on any atom is 0.188 e. The van der Waals surface area contributed by atoms with Crippen LogP contribution in [-0.2, 0) is 0 Å². The molecule has 2 rings (SSSR count). The minimum absolute atomic E-state index is 0.600. The summed E-state index contributed by atoms with van der Waals surface area (Å²) in [5, 5.41) is 17.0. The van der Waals surface area contributed by atoms with E-state index in [0.29, 0.717) is 10.9 Å². The molecule has 1 atom stereocenters. The van der Waals surface area contributed by atoms with Gasteiger partial charge >= 0.3 is 0 Å². The fourth-order valence-corrected chi connectivity index (χ4v) is 2.48. The number of aromatic nitrogens is 3. The van der Waals surface area contributed by atoms with E-state index >= 15 is 0 Å². The highest BCUT2D eigenvalue weighted by Crippen LogP contribution is 2.36. The first-order valence-electron chi connectivity index (χ1n) is 5.10. The van der Waals surface area contributed by atoms with Gasteiger partial charge in [0.25, 0.3) is 0 Å². The van der Waals surface area contributed by atoms with Gasteiger partial charge in [0.15, 0.2) is 5.16 Å². The molecule has 2 N–H and O–H groups in total. The molecule has 0 aliphatic rings. The summed E-state index contributed by atoms with van der Waals surface area (Å²) in [7, 11) is 1.59. The van der Waals surface area contributed by atoms with E-state index in [9.17, 15) is 5.11 Å². The van der Waals surface area contributed by atoms with Crippen LogP contribution >= 0.6 is 11.8 Å². The van der Waals surface area contributed by atoms with E-state index in [-0.39, 0.29) is 0 Å². The molecule has 0 bridgehead atoms. The van der Waals surface area contributed by atoms with Crippen molar-refractivity contribution in [2.24, 2.45) is 0 Å². The van der Waals surface area contributed by atoms with E-state index < -0.39 is 6.10 Å². The number of benzene rings is 1. The summed E-state index contributed by atoms with van der Waals surface area (Å²) in [6, 6.07) is 5.62. The maximum absolute atomic E-state index is 9.81. The third kappa shape index (κ3) is 2.59. The Bertz CT molecular complexity index is 485. The minimum atomic E-state index is -0.600. The van der Waals surface area contributed by atoms with Gasteiger partial charge in [-0.3, -0.25) is 5.10 Å². The molecular weight excluding hydrogens is 238 g/mol. The molecule has 5 nitrogen and oxygen atoms in total. The van der Waals surface area contributed by atoms with Crippen LogP contribution < -0.4 is 4.74 Å². The fraction of sp³-hybridized carbons (Fsp3) is 0.273. The second-order valence-corrected chi connectivity index (χ2v) is 4.47. The number of nitrogens with zero attached hydrogens (tertiary/aromatic N) is 2. The Hall–Kier alpha value is -1.53. The lowest BCUT2D eigenvalue weighted by molar-refractivity contribution is 0.191. The average molecular weight is 251 g/mol. The van der Waals surface area contributed by atoms with Crippen molar-refractivity contribution in [1.29, 1.82) is 0 Å². The first kappa shape index (κ1) is 11.9. The molecule has 2 aromatic rings. The molecule has 0 amide bonds. The zero-order valence-corrected chi connectivity index (χ0v) is 10.4. The topological polar surface area (TPSA) is 71.0 Å². The average Bonchev–Trinajstić information content (AvgIpc) is 2.81. The molecule has 1 aromatic carbocycles. The van der Waals surface area contributed by atoms with E-state index in [0.717, 1.165) is 10.5 Å². The van der Waals surface area contributed by atoms with E-state index in [1.807, 2.05) is 18.2 Å². The number of nitrogens with one attached hydrogen (secondary N) is 1. The van der Waals surface area contributed by atoms with Crippen molar-refractivity contribution in [2.45, 2.75) is 23.1 Å². The zero-order chi connectivity index (χ0) is 12.3. The van der Waals surface area contributed by atoms with E-state index in [1.54, 1.807) is 14.0 Å². The Kier molecular flexibility index (Phi) is 3.65. The van der Waals surface area contributed by atoms with Crippen LogP contribution in [0.3, 0.4) is 0 Å². The molecule has 1 aromatic heterocycles. The lowest BCUT2D eigenvalue weighted by atomic mass is 10.1. The third-order valence-electron chi connectivity index (χ3n) is 2.26. The van der Waals surface area contributed by atoms with Gasteiger partial charge in [0.1, 0.15) is 12.1 Å². The molecular formula is C11H13N3O2S. The Labute approximate surface area is 103 Å². The van der Waals surface area contributed by atoms with Crippen LogP contribution in [0.2, 0.25) is 0 Å². The number of H-pyrrole nitrogens is 1. The van der Waals surface area contributed by atoms with Gasteiger partial charge in [0.05, 0.1) is 13.2 Å². The number of aromatic amines is 1. The summed E-state index contributed by atoms with van der Waals surface area (Å²) in [6.45, 7) is 1.71. The summed E-state index contributed by atoms with van der Waals surface area (Å²) in [5.41, 5.74) is 0.761. The van der Waals surface area contributed by atoms with Crippen molar-refractivity contribution in [3.8, 4) is 5.75 Å². The summed E-state index contributed by atoms with van der Waals surface area (Å²) < 4.78 is 5.25. The maximum atomic E-state index is 9.81. The highest BCUT2D eigenvalue weighted by Gasteiger charge is 2.15. The zero-order valence-electron chi connectivity index (χ0n) is 9.54. The van der Waals surface area contributed by atoms with Crippen LogP contribution in [0.1, 0.15) is 18.6 Å². The Morgan fingerprint density at radius 1 is 1.47 bits per heavy atom. The van der Waals surface area contributed by atoms with Crippen molar-refractivity contribution in [1.82, 2.24) is 15.2 Å². The summed E-state index contributed by atoms with van der Waals surface area (Å²) in [4.78, 5) is 4.94. The van der Waals surface area contributed by atoms with Crippen molar-refractivity contribution in [3.63, 3.8) is 0 Å². The van der Waals surface area contributed by atoms with E-state index in [1.165, 1.54) is 18.1 Å². The normalized spacial score (nSPS) is 12.4. The Morgan fingerprint density at radius 2 is 2.29 bits per heavy atom. The first-order valence-corrected chi connectivity index (χ1v) is 5.92. The van der Waals surface area contributed by atoms with Crippen LogP contribution in [0.15, 0.2) is 34.6 Å². The molecule has 0 saturated heterocycles. The van der Waals surface area contributed by atoms with Gasteiger partial charge in [0.2, 0.25) is 0 Å². The second kappa shape index (κ2) is 5.20. The van der Waals surface area contributed by atoms with Crippen molar-refractivity contribution < 1.29 is 9.84 Å². The highest BCUT2D eigenvalue weighted by molar-refractivity contribution is 7.99. The molecule has 6 heteroatoms. The lowest BCUT2D eigenvalue weighted by Crippen LogP contribution is -1.99. The van der Waals surface area contributed by atoms with Crippen molar-refractivity contribution in [3.05, 3.63) is 30.1 Å². The van der Waals surface area contributed by atoms with Gasteiger partial charge in [-0.25, -0.2) is 4.98 Å². The molecule has 0 spiro atoms. The van der Waals surface area contributed by atoms with Crippen molar-refractivity contribution in [2.75, 3.05) is 7.11 Å². The van der Waals surface area contributed by atoms with Crippen LogP contribution in [0.5, 0.6) is 5.75 Å². The van der Waals surface area contributed by atoms with Gasteiger partial charge < -0.3 is 9.84 Å².